The van der Waals surface area contributed by atoms with Gasteiger partial charge >= 0.3 is 0 Å². The molecule has 2 heterocycles. The third-order valence-electron chi connectivity index (χ3n) is 9.55. The van der Waals surface area contributed by atoms with Crippen molar-refractivity contribution >= 4 is 44.5 Å². The predicted molar refractivity (Wildman–Crippen MR) is 193 cm³/mol. The molecule has 45 heavy (non-hydrogen) atoms. The van der Waals surface area contributed by atoms with E-state index < -0.39 is 0 Å². The Hall–Kier alpha value is -5.08. The second-order valence-corrected chi connectivity index (χ2v) is 12.8. The van der Waals surface area contributed by atoms with Crippen molar-refractivity contribution in [3.63, 3.8) is 0 Å². The van der Waals surface area contributed by atoms with Gasteiger partial charge in [0, 0.05) is 38.6 Å². The maximum absolute atomic E-state index is 2.58. The SMILES string of the molecule is CC/C=C\C(C)(C)n1c2c(c3ccccc31)C=C(n1c3ccc(-c4ccccc4)cc3c3cc(-c4ccccc4)ccc31)CC2. The van der Waals surface area contributed by atoms with Gasteiger partial charge in [0.15, 0.2) is 0 Å². The standard InChI is InChI=1S/C43H38N2/c1-4-5-26-43(2,3)45-41-19-13-12-18-35(41)38-29-34(22-25-42(38)45)44-39-23-20-32(30-14-8-6-9-15-30)27-36(39)37-28-33(21-24-40(37)44)31-16-10-7-11-17-31/h5-21,23-24,26-29H,4,22,25H2,1-3H3/b26-5-. The molecule has 0 aliphatic heterocycles. The minimum absolute atomic E-state index is 0.108. The van der Waals surface area contributed by atoms with Crippen LogP contribution in [0.2, 0.25) is 0 Å². The summed E-state index contributed by atoms with van der Waals surface area (Å²) in [5.74, 6) is 0. The topological polar surface area (TPSA) is 9.86 Å². The molecule has 0 fully saturated rings. The van der Waals surface area contributed by atoms with Crippen LogP contribution in [0.4, 0.5) is 0 Å². The molecule has 0 atom stereocenters. The predicted octanol–water partition coefficient (Wildman–Crippen LogP) is 11.7. The quantitative estimate of drug-likeness (QED) is 0.173. The fraction of sp³-hybridized carbons (Fsp3) is 0.163. The second kappa shape index (κ2) is 10.8. The summed E-state index contributed by atoms with van der Waals surface area (Å²) >= 11 is 0. The van der Waals surface area contributed by atoms with E-state index in [1.54, 1.807) is 0 Å². The van der Waals surface area contributed by atoms with E-state index >= 15 is 0 Å². The van der Waals surface area contributed by atoms with Crippen LogP contribution in [0.3, 0.4) is 0 Å². The zero-order chi connectivity index (χ0) is 30.5. The Morgan fingerprint density at radius 1 is 0.600 bits per heavy atom. The Morgan fingerprint density at radius 2 is 1.18 bits per heavy atom. The van der Waals surface area contributed by atoms with Crippen molar-refractivity contribution < 1.29 is 0 Å². The molecule has 8 rings (SSSR count). The van der Waals surface area contributed by atoms with E-state index in [1.165, 1.54) is 71.9 Å². The molecule has 0 spiro atoms. The van der Waals surface area contributed by atoms with Gasteiger partial charge in [0.2, 0.25) is 0 Å². The molecule has 0 saturated carbocycles. The largest absolute Gasteiger partial charge is 0.335 e. The molecule has 1 aliphatic rings. The first-order valence-corrected chi connectivity index (χ1v) is 16.2. The summed E-state index contributed by atoms with van der Waals surface area (Å²) < 4.78 is 5.12. The van der Waals surface area contributed by atoms with Crippen molar-refractivity contribution in [2.45, 2.75) is 45.6 Å². The van der Waals surface area contributed by atoms with Crippen molar-refractivity contribution in [2.75, 3.05) is 0 Å². The number of hydrogen-bond donors (Lipinski definition) is 0. The summed E-state index contributed by atoms with van der Waals surface area (Å²) in [7, 11) is 0. The lowest BCUT2D eigenvalue weighted by Gasteiger charge is -2.29. The molecule has 5 aromatic carbocycles. The van der Waals surface area contributed by atoms with Gasteiger partial charge in [0.25, 0.3) is 0 Å². The highest BCUT2D eigenvalue weighted by Crippen LogP contribution is 2.43. The van der Waals surface area contributed by atoms with Gasteiger partial charge in [-0.3, -0.25) is 0 Å². The van der Waals surface area contributed by atoms with Gasteiger partial charge in [-0.2, -0.15) is 0 Å². The Kier molecular flexibility index (Phi) is 6.60. The molecule has 220 valence electrons. The highest BCUT2D eigenvalue weighted by molar-refractivity contribution is 6.13. The number of aromatic nitrogens is 2. The molecule has 2 nitrogen and oxygen atoms in total. The molecule has 2 heteroatoms. The molecule has 0 saturated heterocycles. The molecular weight excluding hydrogens is 544 g/mol. The Bertz CT molecular complexity index is 2160. The van der Waals surface area contributed by atoms with Gasteiger partial charge in [-0.15, -0.1) is 0 Å². The van der Waals surface area contributed by atoms with Gasteiger partial charge in [0.05, 0.1) is 16.6 Å². The number of hydrogen-bond acceptors (Lipinski definition) is 0. The molecule has 0 amide bonds. The first-order valence-electron chi connectivity index (χ1n) is 16.2. The van der Waals surface area contributed by atoms with Crippen LogP contribution in [0.15, 0.2) is 133 Å². The normalized spacial score (nSPS) is 13.6. The molecule has 0 radical (unpaired) electrons. The lowest BCUT2D eigenvalue weighted by Crippen LogP contribution is -2.26. The third-order valence-corrected chi connectivity index (χ3v) is 9.55. The fourth-order valence-corrected chi connectivity index (χ4v) is 7.48. The van der Waals surface area contributed by atoms with Gasteiger partial charge in [-0.1, -0.05) is 110 Å². The fourth-order valence-electron chi connectivity index (χ4n) is 7.48. The first-order chi connectivity index (χ1) is 22.0. The number of benzene rings is 5. The minimum Gasteiger partial charge on any atom is -0.335 e. The van der Waals surface area contributed by atoms with E-state index in [9.17, 15) is 0 Å². The van der Waals surface area contributed by atoms with Crippen LogP contribution in [-0.4, -0.2) is 9.13 Å². The summed E-state index contributed by atoms with van der Waals surface area (Å²) in [4.78, 5) is 0. The smallest absolute Gasteiger partial charge is 0.0574 e. The van der Waals surface area contributed by atoms with Crippen LogP contribution in [0, 0.1) is 0 Å². The van der Waals surface area contributed by atoms with Crippen molar-refractivity contribution in [2.24, 2.45) is 0 Å². The molecule has 1 aliphatic carbocycles. The van der Waals surface area contributed by atoms with Crippen LogP contribution in [0.1, 0.15) is 44.9 Å². The summed E-state index contributed by atoms with van der Waals surface area (Å²) in [5.41, 5.74) is 12.9. The summed E-state index contributed by atoms with van der Waals surface area (Å²) in [6.07, 6.45) is 10.2. The van der Waals surface area contributed by atoms with Gasteiger partial charge < -0.3 is 9.13 Å². The van der Waals surface area contributed by atoms with E-state index in [1.807, 2.05) is 0 Å². The van der Waals surface area contributed by atoms with Crippen LogP contribution in [0.5, 0.6) is 0 Å². The lowest BCUT2D eigenvalue weighted by molar-refractivity contribution is 0.453. The van der Waals surface area contributed by atoms with Crippen molar-refractivity contribution in [3.8, 4) is 22.3 Å². The summed E-state index contributed by atoms with van der Waals surface area (Å²) in [6.45, 7) is 6.89. The first kappa shape index (κ1) is 27.5. The summed E-state index contributed by atoms with van der Waals surface area (Å²) in [5, 5.41) is 3.93. The lowest BCUT2D eigenvalue weighted by atomic mass is 9.97. The van der Waals surface area contributed by atoms with Crippen LogP contribution >= 0.6 is 0 Å². The second-order valence-electron chi connectivity index (χ2n) is 12.8. The van der Waals surface area contributed by atoms with Gasteiger partial charge in [-0.25, -0.2) is 0 Å². The van der Waals surface area contributed by atoms with Gasteiger partial charge in [-0.05, 0) is 91.8 Å². The monoisotopic (exact) mass is 582 g/mol. The zero-order valence-corrected chi connectivity index (χ0v) is 26.3. The number of nitrogens with zero attached hydrogens (tertiary/aromatic N) is 2. The Labute approximate surface area is 265 Å². The molecule has 7 aromatic rings. The van der Waals surface area contributed by atoms with E-state index in [-0.39, 0.29) is 5.54 Å². The van der Waals surface area contributed by atoms with E-state index in [2.05, 4.69) is 169 Å². The molecule has 2 aromatic heterocycles. The van der Waals surface area contributed by atoms with E-state index in [0.717, 1.165) is 19.3 Å². The minimum atomic E-state index is -0.108. The number of rotatable bonds is 6. The van der Waals surface area contributed by atoms with Gasteiger partial charge in [0.1, 0.15) is 0 Å². The van der Waals surface area contributed by atoms with Crippen LogP contribution in [-0.2, 0) is 12.0 Å². The average Bonchev–Trinajstić information content (AvgIpc) is 3.60. The average molecular weight is 583 g/mol. The van der Waals surface area contributed by atoms with Crippen molar-refractivity contribution in [3.05, 3.63) is 145 Å². The third kappa shape index (κ3) is 4.56. The Balaban J connectivity index is 1.37. The number of allylic oxidation sites excluding steroid dienone is 3. The Morgan fingerprint density at radius 3 is 1.78 bits per heavy atom. The highest BCUT2D eigenvalue weighted by Gasteiger charge is 2.28. The number of para-hydroxylation sites is 1. The van der Waals surface area contributed by atoms with Crippen molar-refractivity contribution in [1.29, 1.82) is 0 Å². The van der Waals surface area contributed by atoms with E-state index in [0.29, 0.717) is 0 Å². The highest BCUT2D eigenvalue weighted by atomic mass is 15.1. The van der Waals surface area contributed by atoms with Crippen molar-refractivity contribution in [1.82, 2.24) is 9.13 Å². The van der Waals surface area contributed by atoms with Crippen LogP contribution < -0.4 is 0 Å². The zero-order valence-electron chi connectivity index (χ0n) is 26.3. The molecule has 0 N–H and O–H groups in total. The molecule has 0 bridgehead atoms. The maximum Gasteiger partial charge on any atom is 0.0574 e. The molecule has 0 unspecified atom stereocenters. The molecular formula is C43H38N2. The summed E-state index contributed by atoms with van der Waals surface area (Å²) in [6, 6.07) is 44.4. The maximum atomic E-state index is 2.58. The van der Waals surface area contributed by atoms with E-state index in [4.69, 9.17) is 0 Å². The van der Waals surface area contributed by atoms with Crippen LogP contribution in [0.25, 0.3) is 66.7 Å². The number of fused-ring (bicyclic) bond motifs is 6.